The van der Waals surface area contributed by atoms with Gasteiger partial charge in [0.25, 0.3) is 0 Å². The molecule has 1 N–H and O–H groups in total. The molecule has 1 saturated carbocycles. The van der Waals surface area contributed by atoms with E-state index >= 15 is 0 Å². The largest absolute Gasteiger partial charge is 0.494 e. The molecule has 0 aliphatic heterocycles. The predicted octanol–water partition coefficient (Wildman–Crippen LogP) is 3.90. The van der Waals surface area contributed by atoms with E-state index in [1.807, 2.05) is 31.2 Å². The minimum atomic E-state index is 0.691. The average Bonchev–Trinajstić information content (AvgIpc) is 3.25. The van der Waals surface area contributed by atoms with Crippen molar-refractivity contribution in [2.45, 2.75) is 33.1 Å². The van der Waals surface area contributed by atoms with Gasteiger partial charge in [-0.05, 0) is 68.6 Å². The number of benzene rings is 1. The molecule has 0 saturated heterocycles. The molecule has 1 fully saturated rings. The van der Waals surface area contributed by atoms with E-state index in [0.717, 1.165) is 42.0 Å². The number of rotatable bonds is 7. The van der Waals surface area contributed by atoms with Crippen molar-refractivity contribution in [1.82, 2.24) is 4.90 Å². The first-order valence-corrected chi connectivity index (χ1v) is 7.92. The zero-order chi connectivity index (χ0) is 14.4. The summed E-state index contributed by atoms with van der Waals surface area (Å²) in [6, 6.07) is 7.97. The van der Waals surface area contributed by atoms with Crippen molar-refractivity contribution in [2.24, 2.45) is 5.92 Å². The van der Waals surface area contributed by atoms with Crippen molar-refractivity contribution in [2.75, 3.05) is 25.0 Å². The molecule has 0 unspecified atom stereocenters. The number of thiocarbonyl (C=S) groups is 1. The van der Waals surface area contributed by atoms with Crippen LogP contribution in [0.15, 0.2) is 24.3 Å². The Balaban J connectivity index is 1.90. The van der Waals surface area contributed by atoms with E-state index in [1.54, 1.807) is 0 Å². The van der Waals surface area contributed by atoms with Crippen LogP contribution in [0.5, 0.6) is 5.75 Å². The SMILES string of the molecule is CCCN(CC1CC1)C(=S)Nc1ccc(OCC)cc1. The summed E-state index contributed by atoms with van der Waals surface area (Å²) in [6.07, 6.45) is 3.83. The molecule has 0 spiro atoms. The number of ether oxygens (including phenoxy) is 1. The van der Waals surface area contributed by atoms with Gasteiger partial charge in [0, 0.05) is 18.8 Å². The van der Waals surface area contributed by atoms with Crippen LogP contribution in [0, 0.1) is 5.92 Å². The fourth-order valence-corrected chi connectivity index (χ4v) is 2.45. The van der Waals surface area contributed by atoms with Crippen molar-refractivity contribution in [1.29, 1.82) is 0 Å². The second-order valence-corrected chi connectivity index (χ2v) is 5.66. The summed E-state index contributed by atoms with van der Waals surface area (Å²) in [4.78, 5) is 2.30. The third-order valence-electron chi connectivity index (χ3n) is 3.37. The third kappa shape index (κ3) is 4.67. The lowest BCUT2D eigenvalue weighted by molar-refractivity contribution is 0.340. The molecule has 3 nitrogen and oxygen atoms in total. The van der Waals surface area contributed by atoms with Gasteiger partial charge in [-0.15, -0.1) is 0 Å². The summed E-state index contributed by atoms with van der Waals surface area (Å²) in [5, 5.41) is 4.17. The Morgan fingerprint density at radius 2 is 2.00 bits per heavy atom. The summed E-state index contributed by atoms with van der Waals surface area (Å²) in [6.45, 7) is 6.99. The molecule has 1 aliphatic carbocycles. The van der Waals surface area contributed by atoms with Gasteiger partial charge in [0.05, 0.1) is 6.61 Å². The first kappa shape index (κ1) is 15.1. The molecule has 0 amide bonds. The Hall–Kier alpha value is -1.29. The monoisotopic (exact) mass is 292 g/mol. The van der Waals surface area contributed by atoms with Crippen LogP contribution in [0.3, 0.4) is 0 Å². The highest BCUT2D eigenvalue weighted by atomic mass is 32.1. The second kappa shape index (κ2) is 7.48. The van der Waals surface area contributed by atoms with Crippen LogP contribution in [0.1, 0.15) is 33.1 Å². The van der Waals surface area contributed by atoms with Crippen molar-refractivity contribution in [3.05, 3.63) is 24.3 Å². The smallest absolute Gasteiger partial charge is 0.173 e. The van der Waals surface area contributed by atoms with Crippen molar-refractivity contribution >= 4 is 23.0 Å². The molecule has 0 atom stereocenters. The molecule has 0 radical (unpaired) electrons. The Bertz CT molecular complexity index is 429. The van der Waals surface area contributed by atoms with Gasteiger partial charge in [-0.1, -0.05) is 6.92 Å². The van der Waals surface area contributed by atoms with Crippen LogP contribution in [-0.2, 0) is 0 Å². The molecule has 1 aliphatic rings. The number of anilines is 1. The van der Waals surface area contributed by atoms with Gasteiger partial charge in [-0.3, -0.25) is 0 Å². The average molecular weight is 292 g/mol. The van der Waals surface area contributed by atoms with E-state index in [0.29, 0.717) is 6.61 Å². The van der Waals surface area contributed by atoms with E-state index in [9.17, 15) is 0 Å². The normalized spacial score (nSPS) is 13.9. The van der Waals surface area contributed by atoms with E-state index in [4.69, 9.17) is 17.0 Å². The maximum atomic E-state index is 5.54. The summed E-state index contributed by atoms with van der Waals surface area (Å²) in [7, 11) is 0. The Morgan fingerprint density at radius 1 is 1.30 bits per heavy atom. The molecule has 0 heterocycles. The highest BCUT2D eigenvalue weighted by Crippen LogP contribution is 2.30. The molecular weight excluding hydrogens is 268 g/mol. The van der Waals surface area contributed by atoms with E-state index in [1.165, 1.54) is 12.8 Å². The fraction of sp³-hybridized carbons (Fsp3) is 0.562. The van der Waals surface area contributed by atoms with Gasteiger partial charge < -0.3 is 15.0 Å². The van der Waals surface area contributed by atoms with Crippen LogP contribution in [0.25, 0.3) is 0 Å². The van der Waals surface area contributed by atoms with Gasteiger partial charge >= 0.3 is 0 Å². The van der Waals surface area contributed by atoms with Crippen LogP contribution < -0.4 is 10.1 Å². The number of nitrogens with one attached hydrogen (secondary N) is 1. The van der Waals surface area contributed by atoms with Crippen molar-refractivity contribution in [3.63, 3.8) is 0 Å². The summed E-state index contributed by atoms with van der Waals surface area (Å²) in [5.41, 5.74) is 1.02. The van der Waals surface area contributed by atoms with Crippen molar-refractivity contribution < 1.29 is 4.74 Å². The van der Waals surface area contributed by atoms with E-state index in [2.05, 4.69) is 17.1 Å². The molecule has 110 valence electrons. The maximum absolute atomic E-state index is 5.54. The lowest BCUT2D eigenvalue weighted by Crippen LogP contribution is -2.36. The molecular formula is C16H24N2OS. The zero-order valence-electron chi connectivity index (χ0n) is 12.4. The van der Waals surface area contributed by atoms with Crippen LogP contribution >= 0.6 is 12.2 Å². The Labute approximate surface area is 127 Å². The predicted molar refractivity (Wildman–Crippen MR) is 88.4 cm³/mol. The number of nitrogens with zero attached hydrogens (tertiary/aromatic N) is 1. The van der Waals surface area contributed by atoms with Gasteiger partial charge in [0.1, 0.15) is 5.75 Å². The lowest BCUT2D eigenvalue weighted by Gasteiger charge is -2.25. The molecule has 4 heteroatoms. The maximum Gasteiger partial charge on any atom is 0.173 e. The quantitative estimate of drug-likeness (QED) is 0.770. The second-order valence-electron chi connectivity index (χ2n) is 5.28. The summed E-state index contributed by atoms with van der Waals surface area (Å²) < 4.78 is 5.44. The fourth-order valence-electron chi connectivity index (χ4n) is 2.16. The van der Waals surface area contributed by atoms with Gasteiger partial charge in [0.2, 0.25) is 0 Å². The minimum Gasteiger partial charge on any atom is -0.494 e. The number of hydrogen-bond donors (Lipinski definition) is 1. The molecule has 0 aromatic heterocycles. The van der Waals surface area contributed by atoms with Crippen LogP contribution in [0.2, 0.25) is 0 Å². The molecule has 20 heavy (non-hydrogen) atoms. The Kier molecular flexibility index (Phi) is 5.65. The molecule has 0 bridgehead atoms. The molecule has 1 aromatic carbocycles. The third-order valence-corrected chi connectivity index (χ3v) is 3.73. The standard InChI is InChI=1S/C16H24N2OS/c1-3-11-18(12-13-5-6-13)16(20)17-14-7-9-15(10-8-14)19-4-2/h7-10,13H,3-6,11-12H2,1-2H3,(H,17,20). The molecule has 1 aromatic rings. The summed E-state index contributed by atoms with van der Waals surface area (Å²) >= 11 is 5.54. The lowest BCUT2D eigenvalue weighted by atomic mass is 10.3. The van der Waals surface area contributed by atoms with Gasteiger partial charge in [-0.2, -0.15) is 0 Å². The van der Waals surface area contributed by atoms with Crippen molar-refractivity contribution in [3.8, 4) is 5.75 Å². The van der Waals surface area contributed by atoms with Gasteiger partial charge in [-0.25, -0.2) is 0 Å². The van der Waals surface area contributed by atoms with Crippen LogP contribution in [-0.4, -0.2) is 29.7 Å². The minimum absolute atomic E-state index is 0.691. The van der Waals surface area contributed by atoms with E-state index in [-0.39, 0.29) is 0 Å². The topological polar surface area (TPSA) is 24.5 Å². The van der Waals surface area contributed by atoms with E-state index < -0.39 is 0 Å². The van der Waals surface area contributed by atoms with Gasteiger partial charge in [0.15, 0.2) is 5.11 Å². The summed E-state index contributed by atoms with van der Waals surface area (Å²) in [5.74, 6) is 1.74. The zero-order valence-corrected chi connectivity index (χ0v) is 13.2. The highest BCUT2D eigenvalue weighted by molar-refractivity contribution is 7.80. The number of hydrogen-bond acceptors (Lipinski definition) is 2. The molecule has 2 rings (SSSR count). The van der Waals surface area contributed by atoms with Crippen LogP contribution in [0.4, 0.5) is 5.69 Å². The first-order chi connectivity index (χ1) is 9.72. The first-order valence-electron chi connectivity index (χ1n) is 7.51. The highest BCUT2D eigenvalue weighted by Gasteiger charge is 2.25. The Morgan fingerprint density at radius 3 is 2.55 bits per heavy atom.